The van der Waals surface area contributed by atoms with Gasteiger partial charge in [-0.2, -0.15) is 0 Å². The summed E-state index contributed by atoms with van der Waals surface area (Å²) >= 11 is 5.84. The Bertz CT molecular complexity index is 598. The van der Waals surface area contributed by atoms with Crippen molar-refractivity contribution in [1.82, 2.24) is 9.88 Å². The number of anilines is 1. The van der Waals surface area contributed by atoms with E-state index in [4.69, 9.17) is 11.6 Å². The van der Waals surface area contributed by atoms with E-state index in [0.29, 0.717) is 17.3 Å². The molecule has 0 bridgehead atoms. The Balaban J connectivity index is 2.09. The predicted molar refractivity (Wildman–Crippen MR) is 81.0 cm³/mol. The number of hydrogen-bond donors (Lipinski definition) is 1. The Morgan fingerprint density at radius 2 is 2.00 bits per heavy atom. The minimum atomic E-state index is -0.114. The lowest BCUT2D eigenvalue weighted by molar-refractivity contribution is 0.0779. The van der Waals surface area contributed by atoms with Gasteiger partial charge in [-0.3, -0.25) is 9.78 Å². The molecule has 0 fully saturated rings. The van der Waals surface area contributed by atoms with E-state index in [2.05, 4.69) is 10.3 Å². The largest absolute Gasteiger partial charge is 0.388 e. The summed E-state index contributed by atoms with van der Waals surface area (Å²) in [5.74, 6) is -0.114. The second-order valence-corrected chi connectivity index (χ2v) is 4.90. The number of carbonyl (C=O) groups is 1. The maximum absolute atomic E-state index is 12.3. The fraction of sp³-hybridized carbons (Fsp3) is 0.200. The minimum absolute atomic E-state index is 0.114. The Morgan fingerprint density at radius 1 is 1.30 bits per heavy atom. The third kappa shape index (κ3) is 3.48. The molecule has 0 unspecified atom stereocenters. The topological polar surface area (TPSA) is 45.2 Å². The highest BCUT2D eigenvalue weighted by Gasteiger charge is 2.13. The molecule has 0 radical (unpaired) electrons. The molecule has 0 atom stereocenters. The molecule has 20 heavy (non-hydrogen) atoms. The van der Waals surface area contributed by atoms with Crippen LogP contribution in [-0.4, -0.2) is 29.9 Å². The number of hydrogen-bond acceptors (Lipinski definition) is 3. The zero-order valence-corrected chi connectivity index (χ0v) is 12.2. The summed E-state index contributed by atoms with van der Waals surface area (Å²) in [6.07, 6.45) is 1.62. The van der Waals surface area contributed by atoms with Gasteiger partial charge in [0, 0.05) is 37.5 Å². The average molecular weight is 290 g/mol. The number of nitrogens with one attached hydrogen (secondary N) is 1. The summed E-state index contributed by atoms with van der Waals surface area (Å²) in [6, 6.07) is 11.0. The van der Waals surface area contributed by atoms with Gasteiger partial charge < -0.3 is 10.2 Å². The first-order chi connectivity index (χ1) is 9.60. The summed E-state index contributed by atoms with van der Waals surface area (Å²) in [5.41, 5.74) is 2.31. The van der Waals surface area contributed by atoms with Crippen LogP contribution in [0.4, 0.5) is 5.69 Å². The van der Waals surface area contributed by atoms with E-state index < -0.39 is 0 Å². The van der Waals surface area contributed by atoms with Crippen molar-refractivity contribution in [3.63, 3.8) is 0 Å². The van der Waals surface area contributed by atoms with Crippen LogP contribution in [0.1, 0.15) is 16.1 Å². The SMILES string of the molecule is CNc1ccnc(C(=O)N(C)Cc2ccc(Cl)cc2)c1. The maximum Gasteiger partial charge on any atom is 0.272 e. The van der Waals surface area contributed by atoms with Crippen LogP contribution in [0.15, 0.2) is 42.6 Å². The van der Waals surface area contributed by atoms with Gasteiger partial charge in [-0.25, -0.2) is 0 Å². The first-order valence-corrected chi connectivity index (χ1v) is 6.61. The molecule has 0 saturated carbocycles. The van der Waals surface area contributed by atoms with Gasteiger partial charge in [-0.15, -0.1) is 0 Å². The van der Waals surface area contributed by atoms with E-state index in [9.17, 15) is 4.79 Å². The van der Waals surface area contributed by atoms with Crippen LogP contribution >= 0.6 is 11.6 Å². The molecule has 1 aromatic heterocycles. The zero-order valence-electron chi connectivity index (χ0n) is 11.4. The van der Waals surface area contributed by atoms with Crippen LogP contribution in [0, 0.1) is 0 Å². The van der Waals surface area contributed by atoms with Gasteiger partial charge in [-0.05, 0) is 29.8 Å². The number of aromatic nitrogens is 1. The van der Waals surface area contributed by atoms with Gasteiger partial charge >= 0.3 is 0 Å². The normalized spacial score (nSPS) is 10.2. The molecule has 0 aliphatic heterocycles. The molecular formula is C15H16ClN3O. The molecule has 2 aromatic rings. The van der Waals surface area contributed by atoms with Crippen molar-refractivity contribution in [1.29, 1.82) is 0 Å². The van der Waals surface area contributed by atoms with E-state index in [1.807, 2.05) is 30.3 Å². The van der Waals surface area contributed by atoms with Gasteiger partial charge in [0.1, 0.15) is 5.69 Å². The van der Waals surface area contributed by atoms with Crippen molar-refractivity contribution in [2.45, 2.75) is 6.54 Å². The quantitative estimate of drug-likeness (QED) is 0.941. The molecule has 1 aromatic carbocycles. The first kappa shape index (κ1) is 14.3. The lowest BCUT2D eigenvalue weighted by Gasteiger charge is -2.17. The van der Waals surface area contributed by atoms with Crippen LogP contribution < -0.4 is 5.32 Å². The molecule has 4 nitrogen and oxygen atoms in total. The van der Waals surface area contributed by atoms with Gasteiger partial charge in [0.2, 0.25) is 0 Å². The Morgan fingerprint density at radius 3 is 2.65 bits per heavy atom. The average Bonchev–Trinajstić information content (AvgIpc) is 2.48. The van der Waals surface area contributed by atoms with Crippen LogP contribution in [0.25, 0.3) is 0 Å². The fourth-order valence-electron chi connectivity index (χ4n) is 1.83. The summed E-state index contributed by atoms with van der Waals surface area (Å²) in [5, 5.41) is 3.68. The molecule has 0 aliphatic carbocycles. The Kier molecular flexibility index (Phi) is 4.58. The molecule has 104 valence electrons. The smallest absolute Gasteiger partial charge is 0.272 e. The van der Waals surface area contributed by atoms with Crippen LogP contribution in [0.2, 0.25) is 5.02 Å². The number of halogens is 1. The Hall–Kier alpha value is -2.07. The van der Waals surface area contributed by atoms with Gasteiger partial charge in [-0.1, -0.05) is 23.7 Å². The lowest BCUT2D eigenvalue weighted by Crippen LogP contribution is -2.27. The molecule has 5 heteroatoms. The van der Waals surface area contributed by atoms with Crippen molar-refractivity contribution in [2.75, 3.05) is 19.4 Å². The second kappa shape index (κ2) is 6.39. The minimum Gasteiger partial charge on any atom is -0.388 e. The molecule has 2 rings (SSSR count). The van der Waals surface area contributed by atoms with Crippen molar-refractivity contribution in [3.8, 4) is 0 Å². The highest BCUT2D eigenvalue weighted by atomic mass is 35.5. The van der Waals surface area contributed by atoms with Crippen LogP contribution in [-0.2, 0) is 6.54 Å². The molecule has 0 aliphatic rings. The summed E-state index contributed by atoms with van der Waals surface area (Å²) < 4.78 is 0. The first-order valence-electron chi connectivity index (χ1n) is 6.24. The lowest BCUT2D eigenvalue weighted by atomic mass is 10.2. The summed E-state index contributed by atoms with van der Waals surface area (Å²) in [7, 11) is 3.56. The second-order valence-electron chi connectivity index (χ2n) is 4.47. The number of pyridine rings is 1. The van der Waals surface area contributed by atoms with Crippen molar-refractivity contribution < 1.29 is 4.79 Å². The Labute approximate surface area is 123 Å². The van der Waals surface area contributed by atoms with Crippen molar-refractivity contribution in [2.24, 2.45) is 0 Å². The van der Waals surface area contributed by atoms with E-state index in [1.54, 1.807) is 31.3 Å². The highest BCUT2D eigenvalue weighted by molar-refractivity contribution is 6.30. The molecule has 1 N–H and O–H groups in total. The third-order valence-electron chi connectivity index (χ3n) is 2.95. The number of nitrogens with zero attached hydrogens (tertiary/aromatic N) is 2. The molecular weight excluding hydrogens is 274 g/mol. The maximum atomic E-state index is 12.3. The third-order valence-corrected chi connectivity index (χ3v) is 3.20. The molecule has 1 amide bonds. The number of amides is 1. The summed E-state index contributed by atoms with van der Waals surface area (Å²) in [6.45, 7) is 0.515. The van der Waals surface area contributed by atoms with E-state index in [0.717, 1.165) is 11.3 Å². The summed E-state index contributed by atoms with van der Waals surface area (Å²) in [4.78, 5) is 18.0. The molecule has 1 heterocycles. The van der Waals surface area contributed by atoms with Gasteiger partial charge in [0.25, 0.3) is 5.91 Å². The molecule has 0 saturated heterocycles. The van der Waals surface area contributed by atoms with Crippen molar-refractivity contribution in [3.05, 3.63) is 58.9 Å². The zero-order chi connectivity index (χ0) is 14.5. The predicted octanol–water partition coefficient (Wildman–Crippen LogP) is 3.05. The highest BCUT2D eigenvalue weighted by Crippen LogP contribution is 2.13. The number of benzene rings is 1. The fourth-order valence-corrected chi connectivity index (χ4v) is 1.96. The number of rotatable bonds is 4. The van der Waals surface area contributed by atoms with Crippen molar-refractivity contribution >= 4 is 23.2 Å². The van der Waals surface area contributed by atoms with Gasteiger partial charge in [0.05, 0.1) is 0 Å². The van der Waals surface area contributed by atoms with Gasteiger partial charge in [0.15, 0.2) is 0 Å². The van der Waals surface area contributed by atoms with E-state index in [-0.39, 0.29) is 5.91 Å². The van der Waals surface area contributed by atoms with E-state index >= 15 is 0 Å². The standard InChI is InChI=1S/C15H16ClN3O/c1-17-13-7-8-18-14(9-13)15(20)19(2)10-11-3-5-12(16)6-4-11/h3-9H,10H2,1-2H3,(H,17,18). The van der Waals surface area contributed by atoms with E-state index in [1.165, 1.54) is 0 Å². The van der Waals surface area contributed by atoms with Crippen LogP contribution in [0.3, 0.4) is 0 Å². The monoisotopic (exact) mass is 289 g/mol. The van der Waals surface area contributed by atoms with Crippen LogP contribution in [0.5, 0.6) is 0 Å². The number of carbonyl (C=O) groups excluding carboxylic acids is 1. The molecule has 0 spiro atoms.